The lowest BCUT2D eigenvalue weighted by atomic mass is 10.1. The van der Waals surface area contributed by atoms with E-state index in [0.29, 0.717) is 18.5 Å². The molecule has 1 N–H and O–H groups in total. The van der Waals surface area contributed by atoms with E-state index in [0.717, 1.165) is 49.5 Å². The summed E-state index contributed by atoms with van der Waals surface area (Å²) >= 11 is 0. The highest BCUT2D eigenvalue weighted by molar-refractivity contribution is 7.89. The van der Waals surface area contributed by atoms with Crippen LogP contribution < -0.4 is 10.2 Å². The number of sulfonamides is 1. The maximum absolute atomic E-state index is 13.0. The van der Waals surface area contributed by atoms with Gasteiger partial charge in [0, 0.05) is 57.1 Å². The van der Waals surface area contributed by atoms with Gasteiger partial charge in [0.15, 0.2) is 0 Å². The maximum Gasteiger partial charge on any atom is 0.246 e. The van der Waals surface area contributed by atoms with Gasteiger partial charge in [0.2, 0.25) is 15.9 Å². The third-order valence-electron chi connectivity index (χ3n) is 6.31. The van der Waals surface area contributed by atoms with E-state index in [2.05, 4.69) is 27.1 Å². The SMILES string of the molecule is CNC(=O)C1=CCN(S(=O)(=O)c2ccc(-c3ccc(N4CCCN(C)CC4)nc3)cc2)CC1. The van der Waals surface area contributed by atoms with Crippen LogP contribution in [0.3, 0.4) is 0 Å². The Balaban J connectivity index is 1.45. The van der Waals surface area contributed by atoms with Crippen molar-refractivity contribution in [1.29, 1.82) is 0 Å². The molecule has 0 atom stereocenters. The van der Waals surface area contributed by atoms with Crippen LogP contribution in [0.4, 0.5) is 5.82 Å². The topological polar surface area (TPSA) is 85.8 Å². The predicted molar refractivity (Wildman–Crippen MR) is 130 cm³/mol. The van der Waals surface area contributed by atoms with E-state index in [1.807, 2.05) is 30.5 Å². The molecular formula is C24H31N5O3S. The van der Waals surface area contributed by atoms with Crippen molar-refractivity contribution in [3.8, 4) is 11.1 Å². The van der Waals surface area contributed by atoms with Crippen molar-refractivity contribution in [2.75, 3.05) is 58.3 Å². The first-order chi connectivity index (χ1) is 15.9. The minimum absolute atomic E-state index is 0.154. The molecule has 2 aliphatic rings. The minimum Gasteiger partial charge on any atom is -0.355 e. The van der Waals surface area contributed by atoms with E-state index in [9.17, 15) is 13.2 Å². The average molecular weight is 470 g/mol. The second-order valence-electron chi connectivity index (χ2n) is 8.49. The summed E-state index contributed by atoms with van der Waals surface area (Å²) in [6.45, 7) is 4.59. The van der Waals surface area contributed by atoms with Gasteiger partial charge in [-0.05, 0) is 56.3 Å². The number of anilines is 1. The van der Waals surface area contributed by atoms with Crippen LogP contribution in [-0.2, 0) is 14.8 Å². The Bertz CT molecular complexity index is 1110. The lowest BCUT2D eigenvalue weighted by molar-refractivity contribution is -0.117. The molecule has 0 radical (unpaired) electrons. The van der Waals surface area contributed by atoms with E-state index < -0.39 is 10.0 Å². The molecule has 1 amide bonds. The number of carbonyl (C=O) groups excluding carboxylic acids is 1. The first-order valence-corrected chi connectivity index (χ1v) is 12.7. The molecule has 0 bridgehead atoms. The highest BCUT2D eigenvalue weighted by Gasteiger charge is 2.27. The number of aromatic nitrogens is 1. The smallest absolute Gasteiger partial charge is 0.246 e. The molecule has 1 saturated heterocycles. The quantitative estimate of drug-likeness (QED) is 0.721. The zero-order valence-electron chi connectivity index (χ0n) is 19.2. The van der Waals surface area contributed by atoms with Crippen LogP contribution in [0.1, 0.15) is 12.8 Å². The number of carbonyl (C=O) groups is 1. The van der Waals surface area contributed by atoms with E-state index in [4.69, 9.17) is 0 Å². The molecule has 3 heterocycles. The number of hydrogen-bond donors (Lipinski definition) is 1. The first-order valence-electron chi connectivity index (χ1n) is 11.3. The van der Waals surface area contributed by atoms with Gasteiger partial charge in [-0.15, -0.1) is 0 Å². The number of likely N-dealkylation sites (N-methyl/N-ethyl adjacent to an activating group) is 2. The summed E-state index contributed by atoms with van der Waals surface area (Å²) in [6.07, 6.45) is 5.06. The van der Waals surface area contributed by atoms with E-state index in [1.165, 1.54) is 4.31 Å². The number of hydrogen-bond acceptors (Lipinski definition) is 6. The highest BCUT2D eigenvalue weighted by Crippen LogP contribution is 2.26. The number of pyridine rings is 1. The molecule has 0 unspecified atom stereocenters. The fourth-order valence-corrected chi connectivity index (χ4v) is 5.60. The Kier molecular flexibility index (Phi) is 7.11. The van der Waals surface area contributed by atoms with Gasteiger partial charge in [0.25, 0.3) is 0 Å². The van der Waals surface area contributed by atoms with Gasteiger partial charge in [-0.25, -0.2) is 13.4 Å². The van der Waals surface area contributed by atoms with Crippen molar-refractivity contribution < 1.29 is 13.2 Å². The highest BCUT2D eigenvalue weighted by atomic mass is 32.2. The van der Waals surface area contributed by atoms with Crippen LogP contribution in [-0.4, -0.2) is 81.9 Å². The Morgan fingerprint density at radius 1 is 0.970 bits per heavy atom. The largest absolute Gasteiger partial charge is 0.355 e. The van der Waals surface area contributed by atoms with Gasteiger partial charge >= 0.3 is 0 Å². The molecule has 0 spiro atoms. The molecule has 176 valence electrons. The fourth-order valence-electron chi connectivity index (χ4n) is 4.22. The number of nitrogens with one attached hydrogen (secondary N) is 1. The minimum atomic E-state index is -3.62. The summed E-state index contributed by atoms with van der Waals surface area (Å²) in [6, 6.07) is 11.0. The molecule has 1 fully saturated rings. The number of nitrogens with zero attached hydrogens (tertiary/aromatic N) is 4. The van der Waals surface area contributed by atoms with Crippen LogP contribution in [0.5, 0.6) is 0 Å². The summed E-state index contributed by atoms with van der Waals surface area (Å²) in [5.74, 6) is 0.821. The molecule has 0 aliphatic carbocycles. The summed E-state index contributed by atoms with van der Waals surface area (Å²) in [5.41, 5.74) is 2.50. The molecule has 0 saturated carbocycles. The molecule has 2 aliphatic heterocycles. The molecule has 1 aromatic carbocycles. The molecule has 8 nitrogen and oxygen atoms in total. The zero-order valence-corrected chi connectivity index (χ0v) is 20.0. The van der Waals surface area contributed by atoms with Crippen molar-refractivity contribution in [2.45, 2.75) is 17.7 Å². The molecule has 33 heavy (non-hydrogen) atoms. The lowest BCUT2D eigenvalue weighted by Gasteiger charge is -2.25. The molecule has 1 aromatic heterocycles. The Hall–Kier alpha value is -2.75. The summed E-state index contributed by atoms with van der Waals surface area (Å²) in [4.78, 5) is 21.3. The second-order valence-corrected chi connectivity index (χ2v) is 10.4. The monoisotopic (exact) mass is 469 g/mol. The number of rotatable bonds is 5. The molecular weight excluding hydrogens is 438 g/mol. The van der Waals surface area contributed by atoms with E-state index >= 15 is 0 Å². The zero-order chi connectivity index (χ0) is 23.4. The molecule has 4 rings (SSSR count). The van der Waals surface area contributed by atoms with Crippen LogP contribution in [0.25, 0.3) is 11.1 Å². The van der Waals surface area contributed by atoms with Gasteiger partial charge in [-0.2, -0.15) is 4.31 Å². The van der Waals surface area contributed by atoms with Crippen molar-refractivity contribution in [3.63, 3.8) is 0 Å². The van der Waals surface area contributed by atoms with Crippen LogP contribution >= 0.6 is 0 Å². The van der Waals surface area contributed by atoms with Crippen molar-refractivity contribution in [1.82, 2.24) is 19.5 Å². The van der Waals surface area contributed by atoms with Gasteiger partial charge < -0.3 is 15.1 Å². The average Bonchev–Trinajstić information content (AvgIpc) is 3.08. The third kappa shape index (κ3) is 5.26. The van der Waals surface area contributed by atoms with Crippen molar-refractivity contribution in [3.05, 3.63) is 54.2 Å². The van der Waals surface area contributed by atoms with Crippen LogP contribution in [0.2, 0.25) is 0 Å². The lowest BCUT2D eigenvalue weighted by Crippen LogP contribution is -2.37. The van der Waals surface area contributed by atoms with Gasteiger partial charge in [0.1, 0.15) is 5.82 Å². The Morgan fingerprint density at radius 3 is 2.36 bits per heavy atom. The maximum atomic E-state index is 13.0. The van der Waals surface area contributed by atoms with Crippen molar-refractivity contribution >= 4 is 21.7 Å². The number of benzene rings is 1. The standard InChI is InChI=1S/C24H31N5O3S/c1-25-24(30)20-10-14-29(15-11-20)33(31,32)22-7-4-19(5-8-22)21-6-9-23(26-18-21)28-13-3-12-27(2)16-17-28/h4-10,18H,3,11-17H2,1-2H3,(H,25,30). The van der Waals surface area contributed by atoms with Crippen LogP contribution in [0.15, 0.2) is 59.1 Å². The predicted octanol–water partition coefficient (Wildman–Crippen LogP) is 1.96. The van der Waals surface area contributed by atoms with E-state index in [1.54, 1.807) is 25.3 Å². The van der Waals surface area contributed by atoms with Gasteiger partial charge in [-0.3, -0.25) is 4.79 Å². The summed E-state index contributed by atoms with van der Waals surface area (Å²) in [7, 11) is 0.106. The summed E-state index contributed by atoms with van der Waals surface area (Å²) < 4.78 is 27.5. The summed E-state index contributed by atoms with van der Waals surface area (Å²) in [5, 5.41) is 2.58. The number of amides is 1. The fraction of sp³-hybridized carbons (Fsp3) is 0.417. The Labute approximate surface area is 196 Å². The van der Waals surface area contributed by atoms with Crippen LogP contribution in [0, 0.1) is 0 Å². The van der Waals surface area contributed by atoms with E-state index in [-0.39, 0.29) is 17.3 Å². The van der Waals surface area contributed by atoms with Gasteiger partial charge in [-0.1, -0.05) is 18.2 Å². The van der Waals surface area contributed by atoms with Crippen molar-refractivity contribution in [2.24, 2.45) is 0 Å². The normalized spacial score (nSPS) is 18.5. The van der Waals surface area contributed by atoms with Gasteiger partial charge in [0.05, 0.1) is 4.90 Å². The third-order valence-corrected chi connectivity index (χ3v) is 8.19. The molecule has 9 heteroatoms. The first kappa shape index (κ1) is 23.4. The molecule has 2 aromatic rings. The Morgan fingerprint density at radius 2 is 1.73 bits per heavy atom. The second kappa shape index (κ2) is 10.0.